The first-order valence-electron chi connectivity index (χ1n) is 7.86. The van der Waals surface area contributed by atoms with E-state index in [9.17, 15) is 17.2 Å². The Kier molecular flexibility index (Phi) is 4.69. The lowest BCUT2D eigenvalue weighted by Gasteiger charge is -2.22. The molecule has 2 heterocycles. The molecule has 130 valence electrons. The van der Waals surface area contributed by atoms with Crippen LogP contribution in [-0.2, 0) is 16.4 Å². The number of aromatic nitrogens is 1. The van der Waals surface area contributed by atoms with Gasteiger partial charge >= 0.3 is 0 Å². The molecule has 0 spiro atoms. The summed E-state index contributed by atoms with van der Waals surface area (Å²) in [4.78, 5) is -0.647. The van der Waals surface area contributed by atoms with Crippen LogP contribution >= 0.6 is 0 Å². The smallest absolute Gasteiger partial charge is 0.246 e. The fraction of sp³-hybridized carbons (Fsp3) is 0.438. The van der Waals surface area contributed by atoms with Crippen LogP contribution in [0.25, 0.3) is 0 Å². The summed E-state index contributed by atoms with van der Waals surface area (Å²) < 4.78 is 59.3. The molecule has 24 heavy (non-hydrogen) atoms. The van der Waals surface area contributed by atoms with Crippen molar-refractivity contribution in [3.63, 3.8) is 0 Å². The largest absolute Gasteiger partial charge is 0.361 e. The Bertz CT molecular complexity index is 836. The van der Waals surface area contributed by atoms with E-state index in [0.717, 1.165) is 18.6 Å². The maximum atomic E-state index is 13.9. The Hall–Kier alpha value is -1.80. The molecule has 1 aromatic heterocycles. The first-order valence-corrected chi connectivity index (χ1v) is 9.30. The Morgan fingerprint density at radius 3 is 2.88 bits per heavy atom. The predicted molar refractivity (Wildman–Crippen MR) is 82.7 cm³/mol. The molecule has 8 heteroatoms. The van der Waals surface area contributed by atoms with Gasteiger partial charge in [-0.05, 0) is 37.5 Å². The second kappa shape index (κ2) is 6.60. The quantitative estimate of drug-likeness (QED) is 0.823. The van der Waals surface area contributed by atoms with Crippen molar-refractivity contribution in [2.24, 2.45) is 0 Å². The summed E-state index contributed by atoms with van der Waals surface area (Å²) in [5.41, 5.74) is 0.510. The molecule has 0 radical (unpaired) electrons. The van der Waals surface area contributed by atoms with E-state index in [2.05, 4.69) is 5.16 Å². The summed E-state index contributed by atoms with van der Waals surface area (Å²) >= 11 is 0. The number of aryl methyl sites for hydroxylation is 1. The average molecular weight is 356 g/mol. The van der Waals surface area contributed by atoms with Crippen LogP contribution < -0.4 is 0 Å². The molecule has 0 N–H and O–H groups in total. The monoisotopic (exact) mass is 356 g/mol. The molecule has 1 fully saturated rings. The standard InChI is InChI=1S/C16H18F2N2O3S/c1-2-4-12-10-14(19-23-12)15-5-3-8-20(15)24(21,22)16-9-11(17)6-7-13(16)18/h6-7,9-10,15H,2-5,8H2,1H3. The van der Waals surface area contributed by atoms with Gasteiger partial charge in [-0.1, -0.05) is 12.1 Å². The summed E-state index contributed by atoms with van der Waals surface area (Å²) in [5, 5.41) is 3.97. The third kappa shape index (κ3) is 3.08. The Morgan fingerprint density at radius 1 is 1.33 bits per heavy atom. The van der Waals surface area contributed by atoms with Gasteiger partial charge in [-0.25, -0.2) is 17.2 Å². The van der Waals surface area contributed by atoms with Gasteiger partial charge < -0.3 is 4.52 Å². The number of hydrogen-bond acceptors (Lipinski definition) is 4. The van der Waals surface area contributed by atoms with E-state index in [1.54, 1.807) is 6.07 Å². The molecule has 0 saturated carbocycles. The molecule has 0 aliphatic carbocycles. The molecule has 2 aromatic rings. The van der Waals surface area contributed by atoms with E-state index in [1.807, 2.05) is 6.92 Å². The zero-order valence-corrected chi connectivity index (χ0v) is 14.0. The van der Waals surface area contributed by atoms with Crippen LogP contribution in [0.4, 0.5) is 8.78 Å². The van der Waals surface area contributed by atoms with Crippen molar-refractivity contribution in [1.82, 2.24) is 9.46 Å². The summed E-state index contributed by atoms with van der Waals surface area (Å²) in [6.07, 6.45) is 2.78. The van der Waals surface area contributed by atoms with Gasteiger partial charge in [0.05, 0.1) is 6.04 Å². The van der Waals surface area contributed by atoms with E-state index in [4.69, 9.17) is 4.52 Å². The highest BCUT2D eigenvalue weighted by Crippen LogP contribution is 2.37. The predicted octanol–water partition coefficient (Wildman–Crippen LogP) is 3.43. The second-order valence-electron chi connectivity index (χ2n) is 5.82. The minimum atomic E-state index is -4.16. The first-order chi connectivity index (χ1) is 11.4. The lowest BCUT2D eigenvalue weighted by atomic mass is 10.1. The van der Waals surface area contributed by atoms with Gasteiger partial charge in [0, 0.05) is 19.0 Å². The lowest BCUT2D eigenvalue weighted by molar-refractivity contribution is 0.342. The van der Waals surface area contributed by atoms with Crippen LogP contribution in [-0.4, -0.2) is 24.4 Å². The van der Waals surface area contributed by atoms with Crippen LogP contribution in [0.5, 0.6) is 0 Å². The lowest BCUT2D eigenvalue weighted by Crippen LogP contribution is -2.31. The van der Waals surface area contributed by atoms with Gasteiger partial charge in [0.2, 0.25) is 10.0 Å². The first kappa shape index (κ1) is 17.0. The molecular formula is C16H18F2N2O3S. The van der Waals surface area contributed by atoms with Gasteiger partial charge in [-0.3, -0.25) is 0 Å². The van der Waals surface area contributed by atoms with Crippen molar-refractivity contribution in [3.8, 4) is 0 Å². The normalized spacial score (nSPS) is 19.0. The third-order valence-electron chi connectivity index (χ3n) is 4.10. The molecular weight excluding hydrogens is 338 g/mol. The minimum Gasteiger partial charge on any atom is -0.361 e. The Morgan fingerprint density at radius 2 is 2.12 bits per heavy atom. The zero-order valence-electron chi connectivity index (χ0n) is 13.2. The van der Waals surface area contributed by atoms with Gasteiger partial charge in [0.25, 0.3) is 0 Å². The van der Waals surface area contributed by atoms with E-state index >= 15 is 0 Å². The molecule has 1 aliphatic rings. The van der Waals surface area contributed by atoms with Gasteiger partial charge in [-0.2, -0.15) is 4.31 Å². The molecule has 1 saturated heterocycles. The SMILES string of the molecule is CCCc1cc(C2CCCN2S(=O)(=O)c2cc(F)ccc2F)no1. The number of halogens is 2. The number of sulfonamides is 1. The second-order valence-corrected chi connectivity index (χ2v) is 7.68. The van der Waals surface area contributed by atoms with Gasteiger partial charge in [0.1, 0.15) is 28.0 Å². The Balaban J connectivity index is 1.95. The van der Waals surface area contributed by atoms with E-state index in [-0.39, 0.29) is 6.54 Å². The Labute approximate surface area is 139 Å². The molecule has 0 bridgehead atoms. The highest BCUT2D eigenvalue weighted by atomic mass is 32.2. The number of benzene rings is 1. The highest BCUT2D eigenvalue weighted by Gasteiger charge is 2.39. The zero-order chi connectivity index (χ0) is 17.3. The summed E-state index contributed by atoms with van der Waals surface area (Å²) in [7, 11) is -4.16. The molecule has 0 amide bonds. The van der Waals surface area contributed by atoms with Gasteiger partial charge in [-0.15, -0.1) is 0 Å². The molecule has 1 atom stereocenters. The summed E-state index contributed by atoms with van der Waals surface area (Å²) in [6, 6.07) is 3.65. The molecule has 1 aliphatic heterocycles. The van der Waals surface area contributed by atoms with Crippen LogP contribution in [0.2, 0.25) is 0 Å². The van der Waals surface area contributed by atoms with E-state index < -0.39 is 32.6 Å². The molecule has 5 nitrogen and oxygen atoms in total. The van der Waals surface area contributed by atoms with Crippen molar-refractivity contribution < 1.29 is 21.7 Å². The number of rotatable bonds is 5. The molecule has 1 unspecified atom stereocenters. The average Bonchev–Trinajstić information content (AvgIpc) is 3.18. The van der Waals surface area contributed by atoms with E-state index in [0.29, 0.717) is 36.8 Å². The molecule has 1 aromatic carbocycles. The van der Waals surface area contributed by atoms with Gasteiger partial charge in [0.15, 0.2) is 0 Å². The van der Waals surface area contributed by atoms with Crippen LogP contribution in [0.1, 0.15) is 43.7 Å². The topological polar surface area (TPSA) is 63.4 Å². The van der Waals surface area contributed by atoms with Crippen molar-refractivity contribution >= 4 is 10.0 Å². The third-order valence-corrected chi connectivity index (χ3v) is 6.02. The van der Waals surface area contributed by atoms with Crippen LogP contribution in [0.3, 0.4) is 0 Å². The van der Waals surface area contributed by atoms with Crippen molar-refractivity contribution in [2.75, 3.05) is 6.54 Å². The fourth-order valence-electron chi connectivity index (χ4n) is 2.97. The van der Waals surface area contributed by atoms with Crippen molar-refractivity contribution in [1.29, 1.82) is 0 Å². The van der Waals surface area contributed by atoms with E-state index in [1.165, 1.54) is 4.31 Å². The molecule has 3 rings (SSSR count). The summed E-state index contributed by atoms with van der Waals surface area (Å²) in [6.45, 7) is 2.24. The number of hydrogen-bond donors (Lipinski definition) is 0. The maximum absolute atomic E-state index is 13.9. The maximum Gasteiger partial charge on any atom is 0.246 e. The summed E-state index contributed by atoms with van der Waals surface area (Å²) in [5.74, 6) is -1.07. The number of nitrogens with zero attached hydrogens (tertiary/aromatic N) is 2. The van der Waals surface area contributed by atoms with Crippen molar-refractivity contribution in [2.45, 2.75) is 43.5 Å². The minimum absolute atomic E-state index is 0.235. The van der Waals surface area contributed by atoms with Crippen LogP contribution in [0.15, 0.2) is 33.7 Å². The van der Waals surface area contributed by atoms with Crippen molar-refractivity contribution in [3.05, 3.63) is 47.4 Å². The van der Waals surface area contributed by atoms with Crippen LogP contribution in [0, 0.1) is 11.6 Å². The fourth-order valence-corrected chi connectivity index (χ4v) is 4.72. The highest BCUT2D eigenvalue weighted by molar-refractivity contribution is 7.89.